The number of nitrogen functional groups attached to an aromatic ring is 2. The van der Waals surface area contributed by atoms with E-state index in [4.69, 9.17) is 27.8 Å². The van der Waals surface area contributed by atoms with E-state index in [1.54, 1.807) is 19.2 Å². The minimum atomic E-state index is -0.346. The van der Waals surface area contributed by atoms with Crippen LogP contribution >= 0.6 is 11.6 Å². The van der Waals surface area contributed by atoms with Gasteiger partial charge in [0, 0.05) is 24.1 Å². The molecule has 0 radical (unpaired) electrons. The molecule has 3 aromatic carbocycles. The first kappa shape index (κ1) is 28.2. The van der Waals surface area contributed by atoms with Gasteiger partial charge in [0.05, 0.1) is 45.6 Å². The minimum absolute atomic E-state index is 0.346. The van der Waals surface area contributed by atoms with Crippen LogP contribution in [0.15, 0.2) is 60.7 Å². The zero-order chi connectivity index (χ0) is 30.4. The number of imidazole rings is 2. The van der Waals surface area contributed by atoms with E-state index in [-0.39, 0.29) is 5.82 Å². The number of hydrogen-bond donors (Lipinski definition) is 2. The highest BCUT2D eigenvalue weighted by molar-refractivity contribution is 6.33. The van der Waals surface area contributed by atoms with Crippen LogP contribution in [0.25, 0.3) is 44.5 Å². The Morgan fingerprint density at radius 3 is 2.12 bits per heavy atom. The molecular formula is C32H30ClFN8O. The van der Waals surface area contributed by atoms with E-state index in [0.717, 1.165) is 57.9 Å². The lowest BCUT2D eigenvalue weighted by atomic mass is 10.2. The Kier molecular flexibility index (Phi) is 7.23. The van der Waals surface area contributed by atoms with Crippen molar-refractivity contribution in [3.05, 3.63) is 88.7 Å². The molecule has 7 rings (SSSR count). The quantitative estimate of drug-likeness (QED) is 0.225. The number of halogens is 2. The Bertz CT molecular complexity index is 2170. The third kappa shape index (κ3) is 4.83. The number of anilines is 2. The van der Waals surface area contributed by atoms with E-state index in [1.165, 1.54) is 12.1 Å². The third-order valence-corrected chi connectivity index (χ3v) is 7.66. The Balaban J connectivity index is 0.000000155. The molecule has 0 bridgehead atoms. The lowest BCUT2D eigenvalue weighted by molar-refractivity contribution is 0.415. The lowest BCUT2D eigenvalue weighted by Crippen LogP contribution is -2.02. The highest BCUT2D eigenvalue weighted by Gasteiger charge is 2.19. The van der Waals surface area contributed by atoms with Crippen LogP contribution in [0, 0.1) is 19.7 Å². The summed E-state index contributed by atoms with van der Waals surface area (Å²) in [6.07, 6.45) is 1.94. The van der Waals surface area contributed by atoms with Gasteiger partial charge in [-0.3, -0.25) is 8.80 Å². The predicted molar refractivity (Wildman–Crippen MR) is 170 cm³/mol. The Hall–Kier alpha value is -4.96. The Morgan fingerprint density at radius 2 is 1.44 bits per heavy atom. The summed E-state index contributed by atoms with van der Waals surface area (Å²) in [4.78, 5) is 18.1. The lowest BCUT2D eigenvalue weighted by Gasteiger charge is -2.09. The molecule has 0 aliphatic carbocycles. The molecule has 11 heteroatoms. The maximum atomic E-state index is 13.8. The molecule has 4 heterocycles. The number of ether oxygens (including phenoxy) is 1. The molecule has 0 aliphatic heterocycles. The molecule has 43 heavy (non-hydrogen) atoms. The summed E-state index contributed by atoms with van der Waals surface area (Å²) < 4.78 is 23.0. The number of rotatable bonds is 4. The van der Waals surface area contributed by atoms with E-state index in [2.05, 4.69) is 31.3 Å². The van der Waals surface area contributed by atoms with Crippen LogP contribution in [0.4, 0.5) is 16.0 Å². The van der Waals surface area contributed by atoms with Gasteiger partial charge in [-0.05, 0) is 56.7 Å². The standard InChI is InChI=1S/C17H12ClFN4.C15H18N4O/c1-9-15-16(20)22-13-7-6-10(19)8-14(13)23(15)17(21-9)11-4-2-3-5-12(11)18;1-4-5-13-17-9(2)14-15(16)18-11-7-6-10(20-3)8-12(11)19(13)14/h2-8H,1H3,(H2,20,22);6-8H,4-5H2,1-3H3,(H2,16,18). The van der Waals surface area contributed by atoms with Gasteiger partial charge in [-0.25, -0.2) is 24.3 Å². The van der Waals surface area contributed by atoms with Crippen LogP contribution in [0.5, 0.6) is 5.75 Å². The number of hydrogen-bond acceptors (Lipinski definition) is 7. The molecule has 0 unspecified atom stereocenters. The van der Waals surface area contributed by atoms with Crippen molar-refractivity contribution in [2.75, 3.05) is 18.6 Å². The topological polar surface area (TPSA) is 122 Å². The van der Waals surface area contributed by atoms with Crippen LogP contribution in [-0.4, -0.2) is 35.8 Å². The van der Waals surface area contributed by atoms with Gasteiger partial charge in [-0.15, -0.1) is 0 Å². The zero-order valence-corrected chi connectivity index (χ0v) is 24.9. The van der Waals surface area contributed by atoms with E-state index < -0.39 is 0 Å². The minimum Gasteiger partial charge on any atom is -0.497 e. The molecule has 4 N–H and O–H groups in total. The van der Waals surface area contributed by atoms with Crippen LogP contribution in [0.1, 0.15) is 30.6 Å². The van der Waals surface area contributed by atoms with Crippen molar-refractivity contribution in [1.82, 2.24) is 28.7 Å². The summed E-state index contributed by atoms with van der Waals surface area (Å²) in [5.41, 5.74) is 19.2. The average molecular weight is 597 g/mol. The largest absolute Gasteiger partial charge is 0.497 e. The molecule has 0 spiro atoms. The Morgan fingerprint density at radius 1 is 0.814 bits per heavy atom. The van der Waals surface area contributed by atoms with E-state index in [9.17, 15) is 4.39 Å². The second kappa shape index (κ2) is 11.0. The summed E-state index contributed by atoms with van der Waals surface area (Å²) in [5, 5.41) is 0.569. The highest BCUT2D eigenvalue weighted by Crippen LogP contribution is 2.33. The van der Waals surface area contributed by atoms with Gasteiger partial charge in [0.2, 0.25) is 0 Å². The van der Waals surface area contributed by atoms with Crippen LogP contribution in [0.2, 0.25) is 5.02 Å². The monoisotopic (exact) mass is 596 g/mol. The summed E-state index contributed by atoms with van der Waals surface area (Å²) in [6, 6.07) is 17.6. The third-order valence-electron chi connectivity index (χ3n) is 7.33. The van der Waals surface area contributed by atoms with Crippen molar-refractivity contribution < 1.29 is 9.13 Å². The Labute approximate surface area is 251 Å². The van der Waals surface area contributed by atoms with Crippen molar-refractivity contribution in [2.45, 2.75) is 33.6 Å². The number of benzene rings is 3. The van der Waals surface area contributed by atoms with Crippen molar-refractivity contribution in [1.29, 1.82) is 0 Å². The molecule has 0 atom stereocenters. The normalized spacial score (nSPS) is 11.4. The molecule has 0 amide bonds. The summed E-state index contributed by atoms with van der Waals surface area (Å²) in [6.45, 7) is 5.96. The highest BCUT2D eigenvalue weighted by atomic mass is 35.5. The number of nitrogens with zero attached hydrogens (tertiary/aromatic N) is 6. The number of fused-ring (bicyclic) bond motifs is 6. The first-order valence-corrected chi connectivity index (χ1v) is 14.2. The van der Waals surface area contributed by atoms with Crippen molar-refractivity contribution >= 4 is 56.3 Å². The average Bonchev–Trinajstić information content (AvgIpc) is 3.51. The molecule has 9 nitrogen and oxygen atoms in total. The van der Waals surface area contributed by atoms with E-state index >= 15 is 0 Å². The van der Waals surface area contributed by atoms with Gasteiger partial charge in [-0.1, -0.05) is 30.7 Å². The van der Waals surface area contributed by atoms with E-state index in [0.29, 0.717) is 39.0 Å². The fourth-order valence-corrected chi connectivity index (χ4v) is 5.69. The van der Waals surface area contributed by atoms with E-state index in [1.807, 2.05) is 54.6 Å². The van der Waals surface area contributed by atoms with Crippen molar-refractivity contribution in [3.63, 3.8) is 0 Å². The number of nitrogens with two attached hydrogens (primary N) is 2. The molecule has 0 saturated heterocycles. The van der Waals surface area contributed by atoms with Crippen LogP contribution in [-0.2, 0) is 6.42 Å². The first-order valence-electron chi connectivity index (χ1n) is 13.8. The van der Waals surface area contributed by atoms with Crippen molar-refractivity contribution in [2.24, 2.45) is 0 Å². The maximum absolute atomic E-state index is 13.8. The van der Waals surface area contributed by atoms with Gasteiger partial charge in [0.25, 0.3) is 0 Å². The zero-order valence-electron chi connectivity index (χ0n) is 24.2. The molecule has 4 aromatic heterocycles. The fourth-order valence-electron chi connectivity index (χ4n) is 5.46. The number of methoxy groups -OCH3 is 1. The van der Waals surface area contributed by atoms with Crippen LogP contribution < -0.4 is 16.2 Å². The molecule has 0 fully saturated rings. The second-order valence-electron chi connectivity index (χ2n) is 10.2. The molecule has 218 valence electrons. The first-order chi connectivity index (χ1) is 20.7. The molecule has 7 aromatic rings. The summed E-state index contributed by atoms with van der Waals surface area (Å²) in [5.74, 6) is 2.98. The molecule has 0 aliphatic rings. The SMILES string of the molecule is CCCc1nc(C)c2c(N)nc3ccc(OC)cc3n12.Cc1nc(-c2ccccc2Cl)n2c1c(N)nc1ccc(F)cc12. The number of aromatic nitrogens is 6. The van der Waals surface area contributed by atoms with Gasteiger partial charge >= 0.3 is 0 Å². The molecule has 0 saturated carbocycles. The second-order valence-corrected chi connectivity index (χ2v) is 10.6. The number of aryl methyl sites for hydroxylation is 3. The molecular weight excluding hydrogens is 567 g/mol. The summed E-state index contributed by atoms with van der Waals surface area (Å²) >= 11 is 6.32. The van der Waals surface area contributed by atoms with Crippen LogP contribution in [0.3, 0.4) is 0 Å². The van der Waals surface area contributed by atoms with Gasteiger partial charge in [0.1, 0.15) is 45.9 Å². The van der Waals surface area contributed by atoms with Crippen molar-refractivity contribution in [3.8, 4) is 17.1 Å². The summed E-state index contributed by atoms with van der Waals surface area (Å²) in [7, 11) is 1.66. The predicted octanol–water partition coefficient (Wildman–Crippen LogP) is 6.97. The fraction of sp³-hybridized carbons (Fsp3) is 0.188. The van der Waals surface area contributed by atoms with Gasteiger partial charge in [0.15, 0.2) is 0 Å². The maximum Gasteiger partial charge on any atom is 0.150 e. The van der Waals surface area contributed by atoms with Gasteiger partial charge in [-0.2, -0.15) is 0 Å². The van der Waals surface area contributed by atoms with Gasteiger partial charge < -0.3 is 16.2 Å². The smallest absolute Gasteiger partial charge is 0.150 e.